The van der Waals surface area contributed by atoms with E-state index >= 15 is 0 Å². The third-order valence-corrected chi connectivity index (χ3v) is 5.49. The van der Waals surface area contributed by atoms with Crippen LogP contribution in [0.4, 0.5) is 0 Å². The maximum absolute atomic E-state index is 12.2. The Morgan fingerprint density at radius 1 is 0.821 bits per heavy atom. The molecule has 28 heavy (non-hydrogen) atoms. The van der Waals surface area contributed by atoms with Crippen molar-refractivity contribution < 1.29 is 9.59 Å². The van der Waals surface area contributed by atoms with E-state index in [4.69, 9.17) is 0 Å². The first-order valence-corrected chi connectivity index (χ1v) is 10.6. The molecule has 0 aliphatic heterocycles. The molecule has 150 valence electrons. The molecule has 2 aliphatic carbocycles. The van der Waals surface area contributed by atoms with Gasteiger partial charge in [-0.25, -0.2) is 0 Å². The van der Waals surface area contributed by atoms with Gasteiger partial charge < -0.3 is 10.6 Å². The van der Waals surface area contributed by atoms with Gasteiger partial charge >= 0.3 is 0 Å². The van der Waals surface area contributed by atoms with Crippen LogP contribution in [0.1, 0.15) is 85.1 Å². The van der Waals surface area contributed by atoms with E-state index in [9.17, 15) is 9.59 Å². The van der Waals surface area contributed by atoms with Crippen molar-refractivity contribution >= 4 is 11.8 Å². The zero-order chi connectivity index (χ0) is 19.6. The average Bonchev–Trinajstić information content (AvgIpc) is 2.75. The fraction of sp³-hybridized carbons (Fsp3) is 0.522. The molecule has 1 aromatic rings. The van der Waals surface area contributed by atoms with E-state index in [1.165, 1.54) is 43.0 Å². The number of hydrogen-bond donors (Lipinski definition) is 2. The summed E-state index contributed by atoms with van der Waals surface area (Å²) in [6.07, 6.45) is 17.6. The molecule has 0 bridgehead atoms. The van der Waals surface area contributed by atoms with Crippen LogP contribution in [0.3, 0.4) is 0 Å². The van der Waals surface area contributed by atoms with E-state index in [2.05, 4.69) is 27.8 Å². The molecule has 0 fully saturated rings. The van der Waals surface area contributed by atoms with Crippen molar-refractivity contribution in [3.8, 4) is 0 Å². The first kappa shape index (κ1) is 20.3. The quantitative estimate of drug-likeness (QED) is 0.659. The molecule has 0 spiro atoms. The first-order valence-electron chi connectivity index (χ1n) is 10.6. The van der Waals surface area contributed by atoms with Crippen LogP contribution in [0.5, 0.6) is 0 Å². The third kappa shape index (κ3) is 6.32. The van der Waals surface area contributed by atoms with E-state index in [-0.39, 0.29) is 11.8 Å². The summed E-state index contributed by atoms with van der Waals surface area (Å²) in [5.41, 5.74) is 3.72. The Morgan fingerprint density at radius 2 is 1.43 bits per heavy atom. The highest BCUT2D eigenvalue weighted by molar-refractivity contribution is 5.96. The number of rotatable bonds is 8. The lowest BCUT2D eigenvalue weighted by Crippen LogP contribution is -2.27. The highest BCUT2D eigenvalue weighted by atomic mass is 16.2. The van der Waals surface area contributed by atoms with Gasteiger partial charge in [-0.05, 0) is 76.3 Å². The summed E-state index contributed by atoms with van der Waals surface area (Å²) >= 11 is 0. The summed E-state index contributed by atoms with van der Waals surface area (Å²) in [7, 11) is 0. The fourth-order valence-electron chi connectivity index (χ4n) is 3.79. The molecular formula is C23H31N3O2. The Kier molecular flexibility index (Phi) is 7.82. The molecule has 0 aromatic carbocycles. The molecule has 5 heteroatoms. The third-order valence-electron chi connectivity index (χ3n) is 5.49. The van der Waals surface area contributed by atoms with E-state index in [1.807, 2.05) is 0 Å². The molecule has 3 rings (SSSR count). The van der Waals surface area contributed by atoms with Crippen LogP contribution in [0, 0.1) is 0 Å². The average molecular weight is 382 g/mol. The van der Waals surface area contributed by atoms with Crippen LogP contribution in [-0.2, 0) is 0 Å². The largest absolute Gasteiger partial charge is 0.352 e. The van der Waals surface area contributed by atoms with Gasteiger partial charge in [0.05, 0.1) is 5.56 Å². The van der Waals surface area contributed by atoms with Gasteiger partial charge in [0.2, 0.25) is 0 Å². The minimum Gasteiger partial charge on any atom is -0.352 e. The van der Waals surface area contributed by atoms with E-state index in [1.54, 1.807) is 12.1 Å². The van der Waals surface area contributed by atoms with Gasteiger partial charge in [-0.3, -0.25) is 14.6 Å². The van der Waals surface area contributed by atoms with Crippen LogP contribution in [0.15, 0.2) is 41.6 Å². The standard InChI is InChI=1S/C23H31N3O2/c27-22(24-15-13-18-7-3-1-4-8-18)20-11-12-21(26-17-20)23(28)25-16-14-19-9-5-2-6-10-19/h7,9,11-12,17H,1-6,8,10,13-16H2,(H,24,27)(H,25,28). The first-order chi connectivity index (χ1) is 13.7. The van der Waals surface area contributed by atoms with Crippen LogP contribution < -0.4 is 10.6 Å². The second-order valence-corrected chi connectivity index (χ2v) is 7.66. The fourth-order valence-corrected chi connectivity index (χ4v) is 3.79. The number of allylic oxidation sites excluding steroid dienone is 2. The SMILES string of the molecule is O=C(NCCC1=CCCCC1)c1ccc(C(=O)NCCC2=CCCCC2)nc1. The van der Waals surface area contributed by atoms with E-state index < -0.39 is 0 Å². The summed E-state index contributed by atoms with van der Waals surface area (Å²) in [4.78, 5) is 28.6. The maximum atomic E-state index is 12.2. The van der Waals surface area contributed by atoms with E-state index in [0.29, 0.717) is 24.3 Å². The number of carbonyl (C=O) groups is 2. The van der Waals surface area contributed by atoms with Gasteiger partial charge in [-0.1, -0.05) is 23.3 Å². The highest BCUT2D eigenvalue weighted by Crippen LogP contribution is 2.20. The van der Waals surface area contributed by atoms with Crippen LogP contribution >= 0.6 is 0 Å². The Bertz CT molecular complexity index is 672. The Morgan fingerprint density at radius 3 is 1.93 bits per heavy atom. The predicted octanol–water partition coefficient (Wildman–Crippen LogP) is 4.32. The molecule has 0 radical (unpaired) electrons. The van der Waals surface area contributed by atoms with E-state index in [0.717, 1.165) is 38.5 Å². The number of amides is 2. The van der Waals surface area contributed by atoms with Crippen LogP contribution in [-0.4, -0.2) is 29.9 Å². The molecule has 1 heterocycles. The number of aromatic nitrogens is 1. The molecule has 1 aromatic heterocycles. The molecule has 0 saturated heterocycles. The number of pyridine rings is 1. The lowest BCUT2D eigenvalue weighted by Gasteiger charge is -2.13. The Labute approximate surface area is 167 Å². The van der Waals surface area contributed by atoms with Gasteiger partial charge in [0, 0.05) is 19.3 Å². The zero-order valence-electron chi connectivity index (χ0n) is 16.6. The molecule has 2 N–H and O–H groups in total. The van der Waals surface area contributed by atoms with Gasteiger partial charge in [0.25, 0.3) is 11.8 Å². The summed E-state index contributed by atoms with van der Waals surface area (Å²) in [6, 6.07) is 3.29. The van der Waals surface area contributed by atoms with Crippen LogP contribution in [0.25, 0.3) is 0 Å². The van der Waals surface area contributed by atoms with Crippen molar-refractivity contribution in [3.63, 3.8) is 0 Å². The van der Waals surface area contributed by atoms with Crippen molar-refractivity contribution in [2.24, 2.45) is 0 Å². The minimum atomic E-state index is -0.187. The molecule has 5 nitrogen and oxygen atoms in total. The molecule has 2 amide bonds. The molecule has 0 unspecified atom stereocenters. The summed E-state index contributed by atoms with van der Waals surface area (Å²) in [6.45, 7) is 1.27. The van der Waals surface area contributed by atoms with Gasteiger partial charge in [0.1, 0.15) is 5.69 Å². The van der Waals surface area contributed by atoms with Crippen molar-refractivity contribution in [3.05, 3.63) is 52.9 Å². The number of carbonyl (C=O) groups excluding carboxylic acids is 2. The highest BCUT2D eigenvalue weighted by Gasteiger charge is 2.11. The molecule has 0 saturated carbocycles. The normalized spacial score (nSPS) is 16.7. The summed E-state index contributed by atoms with van der Waals surface area (Å²) < 4.78 is 0. The van der Waals surface area contributed by atoms with Crippen molar-refractivity contribution in [1.29, 1.82) is 0 Å². The minimum absolute atomic E-state index is 0.139. The molecule has 0 atom stereocenters. The topological polar surface area (TPSA) is 71.1 Å². The molecular weight excluding hydrogens is 350 g/mol. The van der Waals surface area contributed by atoms with Gasteiger partial charge in [-0.2, -0.15) is 0 Å². The second-order valence-electron chi connectivity index (χ2n) is 7.66. The summed E-state index contributed by atoms with van der Waals surface area (Å²) in [5.74, 6) is -0.326. The Hall–Kier alpha value is -2.43. The number of nitrogens with zero attached hydrogens (tertiary/aromatic N) is 1. The van der Waals surface area contributed by atoms with Gasteiger partial charge in [0.15, 0.2) is 0 Å². The van der Waals surface area contributed by atoms with Crippen molar-refractivity contribution in [1.82, 2.24) is 15.6 Å². The number of hydrogen-bond acceptors (Lipinski definition) is 3. The second kappa shape index (κ2) is 10.8. The maximum Gasteiger partial charge on any atom is 0.269 e. The van der Waals surface area contributed by atoms with Crippen molar-refractivity contribution in [2.75, 3.05) is 13.1 Å². The zero-order valence-corrected chi connectivity index (χ0v) is 16.6. The number of nitrogens with one attached hydrogen (secondary N) is 2. The van der Waals surface area contributed by atoms with Crippen LogP contribution in [0.2, 0.25) is 0 Å². The predicted molar refractivity (Wildman–Crippen MR) is 111 cm³/mol. The lowest BCUT2D eigenvalue weighted by atomic mass is 9.97. The van der Waals surface area contributed by atoms with Gasteiger partial charge in [-0.15, -0.1) is 0 Å². The monoisotopic (exact) mass is 381 g/mol. The smallest absolute Gasteiger partial charge is 0.269 e. The molecule has 2 aliphatic rings. The summed E-state index contributed by atoms with van der Waals surface area (Å²) in [5, 5.41) is 5.86. The lowest BCUT2D eigenvalue weighted by molar-refractivity contribution is 0.0938. The Balaban J connectivity index is 1.40. The van der Waals surface area contributed by atoms with Crippen molar-refractivity contribution in [2.45, 2.75) is 64.2 Å².